The lowest BCUT2D eigenvalue weighted by molar-refractivity contribution is -0.122. The van der Waals surface area contributed by atoms with Gasteiger partial charge >= 0.3 is 0 Å². The van der Waals surface area contributed by atoms with Crippen molar-refractivity contribution in [3.8, 4) is 0 Å². The summed E-state index contributed by atoms with van der Waals surface area (Å²) in [4.78, 5) is 12.0. The minimum Gasteiger partial charge on any atom is -0.354 e. The summed E-state index contributed by atoms with van der Waals surface area (Å²) in [5.41, 5.74) is 0.462. The Hall–Kier alpha value is -0.570. The second kappa shape index (κ2) is 5.01. The van der Waals surface area contributed by atoms with E-state index in [-0.39, 0.29) is 11.4 Å². The van der Waals surface area contributed by atoms with Gasteiger partial charge < -0.3 is 10.6 Å². The molecule has 0 spiro atoms. The molecular formula is C17H30N2O. The summed E-state index contributed by atoms with van der Waals surface area (Å²) >= 11 is 0. The molecule has 0 atom stereocenters. The molecule has 4 fully saturated rings. The fraction of sp³-hybridized carbons (Fsp3) is 0.941. The molecule has 4 rings (SSSR count). The number of hydrogen-bond acceptors (Lipinski definition) is 2. The molecule has 4 bridgehead atoms. The molecule has 4 aliphatic carbocycles. The third-order valence-electron chi connectivity index (χ3n) is 5.60. The van der Waals surface area contributed by atoms with Crippen molar-refractivity contribution in [2.75, 3.05) is 13.1 Å². The zero-order valence-corrected chi connectivity index (χ0v) is 13.3. The molecule has 20 heavy (non-hydrogen) atoms. The van der Waals surface area contributed by atoms with Gasteiger partial charge in [0.25, 0.3) is 0 Å². The molecule has 4 saturated carbocycles. The van der Waals surface area contributed by atoms with Gasteiger partial charge in [-0.05, 0) is 82.5 Å². The van der Waals surface area contributed by atoms with Gasteiger partial charge in [-0.25, -0.2) is 0 Å². The summed E-state index contributed by atoms with van der Waals surface area (Å²) in [6.45, 7) is 7.65. The highest BCUT2D eigenvalue weighted by Crippen LogP contribution is 2.59. The molecule has 0 radical (unpaired) electrons. The van der Waals surface area contributed by atoms with E-state index in [9.17, 15) is 4.79 Å². The first kappa shape index (κ1) is 14.4. The van der Waals surface area contributed by atoms with Crippen LogP contribution in [0.3, 0.4) is 0 Å². The molecule has 1 amide bonds. The van der Waals surface area contributed by atoms with Gasteiger partial charge in [-0.2, -0.15) is 0 Å². The summed E-state index contributed by atoms with van der Waals surface area (Å²) < 4.78 is 0. The van der Waals surface area contributed by atoms with E-state index in [4.69, 9.17) is 0 Å². The maximum absolute atomic E-state index is 12.0. The van der Waals surface area contributed by atoms with E-state index >= 15 is 0 Å². The average Bonchev–Trinajstić information content (AvgIpc) is 2.31. The molecule has 3 nitrogen and oxygen atoms in total. The average molecular weight is 278 g/mol. The highest BCUT2D eigenvalue weighted by Gasteiger charge is 2.50. The zero-order chi connectivity index (χ0) is 14.4. The van der Waals surface area contributed by atoms with Gasteiger partial charge in [-0.1, -0.05) is 0 Å². The SMILES string of the molecule is CC(C)(C)NCC(=O)NCC12CC3CC(CC(C3)C1)C2. The maximum Gasteiger partial charge on any atom is 0.233 e. The summed E-state index contributed by atoms with van der Waals surface area (Å²) in [6.07, 6.45) is 8.51. The molecule has 114 valence electrons. The molecule has 2 N–H and O–H groups in total. The van der Waals surface area contributed by atoms with E-state index in [2.05, 4.69) is 31.4 Å². The lowest BCUT2D eigenvalue weighted by Gasteiger charge is -2.56. The van der Waals surface area contributed by atoms with Crippen molar-refractivity contribution in [3.63, 3.8) is 0 Å². The molecule has 0 unspecified atom stereocenters. The molecule has 0 aromatic heterocycles. The Morgan fingerprint density at radius 2 is 1.55 bits per heavy atom. The van der Waals surface area contributed by atoms with Gasteiger partial charge in [0.2, 0.25) is 5.91 Å². The van der Waals surface area contributed by atoms with Crippen LogP contribution < -0.4 is 10.6 Å². The smallest absolute Gasteiger partial charge is 0.233 e. The van der Waals surface area contributed by atoms with Gasteiger partial charge in [0.1, 0.15) is 0 Å². The van der Waals surface area contributed by atoms with E-state index in [0.717, 1.165) is 24.3 Å². The van der Waals surface area contributed by atoms with E-state index < -0.39 is 0 Å². The fourth-order valence-corrected chi connectivity index (χ4v) is 5.20. The summed E-state index contributed by atoms with van der Waals surface area (Å²) in [6, 6.07) is 0. The Morgan fingerprint density at radius 1 is 1.05 bits per heavy atom. The number of nitrogens with one attached hydrogen (secondary N) is 2. The van der Waals surface area contributed by atoms with Crippen molar-refractivity contribution in [1.29, 1.82) is 0 Å². The van der Waals surface area contributed by atoms with Crippen LogP contribution in [0.15, 0.2) is 0 Å². The quantitative estimate of drug-likeness (QED) is 0.830. The second-order valence-electron chi connectivity index (χ2n) is 8.80. The number of rotatable bonds is 4. The monoisotopic (exact) mass is 278 g/mol. The summed E-state index contributed by atoms with van der Waals surface area (Å²) in [7, 11) is 0. The molecular weight excluding hydrogens is 248 g/mol. The van der Waals surface area contributed by atoms with Gasteiger partial charge in [-0.15, -0.1) is 0 Å². The Labute approximate surface area is 123 Å². The van der Waals surface area contributed by atoms with Crippen molar-refractivity contribution >= 4 is 5.91 Å². The van der Waals surface area contributed by atoms with E-state index in [1.807, 2.05) is 0 Å². The molecule has 0 heterocycles. The summed E-state index contributed by atoms with van der Waals surface area (Å²) in [5, 5.41) is 6.48. The van der Waals surface area contributed by atoms with Crippen LogP contribution >= 0.6 is 0 Å². The Kier molecular flexibility index (Phi) is 3.60. The predicted octanol–water partition coefficient (Wildman–Crippen LogP) is 2.71. The minimum atomic E-state index is 0.0119. The highest BCUT2D eigenvalue weighted by atomic mass is 16.1. The van der Waals surface area contributed by atoms with Crippen LogP contribution in [0, 0.1) is 23.2 Å². The van der Waals surface area contributed by atoms with Crippen molar-refractivity contribution in [2.24, 2.45) is 23.2 Å². The third kappa shape index (κ3) is 3.19. The highest BCUT2D eigenvalue weighted by molar-refractivity contribution is 5.78. The minimum absolute atomic E-state index is 0.0119. The van der Waals surface area contributed by atoms with Crippen molar-refractivity contribution in [3.05, 3.63) is 0 Å². The molecule has 4 aliphatic rings. The molecule has 0 aliphatic heterocycles. The van der Waals surface area contributed by atoms with Gasteiger partial charge in [0.05, 0.1) is 6.54 Å². The lowest BCUT2D eigenvalue weighted by Crippen LogP contribution is -2.52. The van der Waals surface area contributed by atoms with Crippen molar-refractivity contribution in [1.82, 2.24) is 10.6 Å². The van der Waals surface area contributed by atoms with Crippen LogP contribution in [0.5, 0.6) is 0 Å². The Bertz CT molecular complexity index is 348. The van der Waals surface area contributed by atoms with Crippen LogP contribution in [-0.2, 0) is 4.79 Å². The molecule has 0 aromatic rings. The second-order valence-corrected chi connectivity index (χ2v) is 8.80. The van der Waals surface area contributed by atoms with Crippen LogP contribution in [0.25, 0.3) is 0 Å². The number of carbonyl (C=O) groups excluding carboxylic acids is 1. The van der Waals surface area contributed by atoms with E-state index in [0.29, 0.717) is 12.0 Å². The first-order valence-electron chi connectivity index (χ1n) is 8.35. The fourth-order valence-electron chi connectivity index (χ4n) is 5.20. The van der Waals surface area contributed by atoms with E-state index in [1.54, 1.807) is 0 Å². The van der Waals surface area contributed by atoms with Crippen LogP contribution in [0.4, 0.5) is 0 Å². The Morgan fingerprint density at radius 3 is 2.00 bits per heavy atom. The number of carbonyl (C=O) groups is 1. The van der Waals surface area contributed by atoms with Crippen molar-refractivity contribution in [2.45, 2.75) is 64.8 Å². The zero-order valence-electron chi connectivity index (χ0n) is 13.3. The Balaban J connectivity index is 1.50. The van der Waals surface area contributed by atoms with Crippen LogP contribution in [0.2, 0.25) is 0 Å². The number of hydrogen-bond donors (Lipinski definition) is 2. The standard InChI is InChI=1S/C17H30N2O/c1-16(2,3)19-10-15(20)18-11-17-7-12-4-13(8-17)6-14(5-12)9-17/h12-14,19H,4-11H2,1-3H3,(H,18,20). The predicted molar refractivity (Wildman–Crippen MR) is 81.4 cm³/mol. The van der Waals surface area contributed by atoms with Gasteiger partial charge in [0, 0.05) is 12.1 Å². The normalized spacial score (nSPS) is 39.0. The largest absolute Gasteiger partial charge is 0.354 e. The first-order valence-corrected chi connectivity index (χ1v) is 8.35. The van der Waals surface area contributed by atoms with Crippen molar-refractivity contribution < 1.29 is 4.79 Å². The molecule has 0 saturated heterocycles. The topological polar surface area (TPSA) is 41.1 Å². The third-order valence-corrected chi connectivity index (χ3v) is 5.60. The lowest BCUT2D eigenvalue weighted by atomic mass is 9.49. The van der Waals surface area contributed by atoms with E-state index in [1.165, 1.54) is 38.5 Å². The van der Waals surface area contributed by atoms with Gasteiger partial charge in [-0.3, -0.25) is 4.79 Å². The van der Waals surface area contributed by atoms with Gasteiger partial charge in [0.15, 0.2) is 0 Å². The number of amides is 1. The summed E-state index contributed by atoms with van der Waals surface area (Å²) in [5.74, 6) is 3.05. The maximum atomic E-state index is 12.0. The van der Waals surface area contributed by atoms with Crippen LogP contribution in [-0.4, -0.2) is 24.5 Å². The van der Waals surface area contributed by atoms with Crippen LogP contribution in [0.1, 0.15) is 59.3 Å². The molecule has 0 aromatic carbocycles. The molecule has 3 heteroatoms. The first-order chi connectivity index (χ1) is 9.34.